The Morgan fingerprint density at radius 2 is 1.91 bits per heavy atom. The summed E-state index contributed by atoms with van der Waals surface area (Å²) in [6.07, 6.45) is 7.33. The van der Waals surface area contributed by atoms with Gasteiger partial charge in [-0.15, -0.1) is 23.1 Å². The van der Waals surface area contributed by atoms with Crippen molar-refractivity contribution in [1.82, 2.24) is 9.80 Å². The quantitative estimate of drug-likeness (QED) is 0.819. The van der Waals surface area contributed by atoms with Crippen molar-refractivity contribution in [3.63, 3.8) is 0 Å². The number of amides is 1. The topological polar surface area (TPSA) is 23.6 Å². The second-order valence-corrected chi connectivity index (χ2v) is 8.73. The summed E-state index contributed by atoms with van der Waals surface area (Å²) in [6, 6.07) is 0. The smallest absolute Gasteiger partial charge is 0.260 e. The highest BCUT2D eigenvalue weighted by Gasteiger charge is 2.28. The summed E-state index contributed by atoms with van der Waals surface area (Å²) >= 11 is 3.70. The lowest BCUT2D eigenvalue weighted by Crippen LogP contribution is -2.48. The molecule has 3 heterocycles. The van der Waals surface area contributed by atoms with Crippen LogP contribution in [0.4, 0.5) is 0 Å². The van der Waals surface area contributed by atoms with E-state index in [-0.39, 0.29) is 5.91 Å². The molecule has 1 amide bonds. The van der Waals surface area contributed by atoms with Crippen molar-refractivity contribution in [2.24, 2.45) is 0 Å². The van der Waals surface area contributed by atoms with Gasteiger partial charge >= 0.3 is 0 Å². The first kappa shape index (κ1) is 15.7. The van der Waals surface area contributed by atoms with E-state index in [1.54, 1.807) is 22.2 Å². The first-order chi connectivity index (χ1) is 11.3. The maximum Gasteiger partial charge on any atom is 0.260 e. The number of carbonyl (C=O) groups excluding carboxylic acids is 1. The highest BCUT2D eigenvalue weighted by atomic mass is 32.2. The number of piperazine rings is 1. The average Bonchev–Trinajstić information content (AvgIpc) is 2.99. The summed E-state index contributed by atoms with van der Waals surface area (Å²) in [5.41, 5.74) is 3.14. The highest BCUT2D eigenvalue weighted by Crippen LogP contribution is 2.42. The Labute approximate surface area is 146 Å². The van der Waals surface area contributed by atoms with E-state index in [0.29, 0.717) is 0 Å². The van der Waals surface area contributed by atoms with E-state index < -0.39 is 0 Å². The zero-order valence-electron chi connectivity index (χ0n) is 13.8. The van der Waals surface area contributed by atoms with E-state index >= 15 is 0 Å². The van der Waals surface area contributed by atoms with Gasteiger partial charge in [0.1, 0.15) is 0 Å². The van der Waals surface area contributed by atoms with E-state index in [4.69, 9.17) is 0 Å². The van der Waals surface area contributed by atoms with Crippen LogP contribution in [0.15, 0.2) is 4.91 Å². The van der Waals surface area contributed by atoms with Crippen molar-refractivity contribution in [2.75, 3.05) is 32.7 Å². The first-order valence-electron chi connectivity index (χ1n) is 8.76. The number of aryl methyl sites for hydroxylation is 1. The highest BCUT2D eigenvalue weighted by molar-refractivity contribution is 8.03. The predicted molar refractivity (Wildman–Crippen MR) is 98.9 cm³/mol. The fraction of sp³-hybridized carbons (Fsp3) is 0.611. The predicted octanol–water partition coefficient (Wildman–Crippen LogP) is 3.38. The van der Waals surface area contributed by atoms with E-state index in [1.807, 2.05) is 16.2 Å². The number of rotatable bonds is 2. The molecule has 0 spiro atoms. The lowest BCUT2D eigenvalue weighted by Gasteiger charge is -2.34. The largest absolute Gasteiger partial charge is 0.336 e. The van der Waals surface area contributed by atoms with Crippen molar-refractivity contribution in [3.8, 4) is 0 Å². The van der Waals surface area contributed by atoms with Crippen molar-refractivity contribution in [2.45, 2.75) is 38.4 Å². The van der Waals surface area contributed by atoms with Crippen LogP contribution in [0.1, 0.15) is 40.6 Å². The number of carbonyl (C=O) groups is 1. The van der Waals surface area contributed by atoms with Gasteiger partial charge in [-0.2, -0.15) is 0 Å². The van der Waals surface area contributed by atoms with Crippen LogP contribution in [-0.2, 0) is 23.4 Å². The molecule has 3 aliphatic rings. The van der Waals surface area contributed by atoms with Gasteiger partial charge in [0.2, 0.25) is 0 Å². The molecule has 0 aromatic carbocycles. The standard InChI is InChI=1S/C18H24N2OS2/c1-2-19-7-9-20(10-8-19)18(21)17-11-16-14(12-22-17)13-5-3-4-6-15(13)23-16/h11H,2-10,12H2,1H3. The molecule has 0 N–H and O–H groups in total. The SMILES string of the molecule is CCN1CCN(C(=O)C2=Cc3sc4c(c3CS2)CCCC4)CC1. The van der Waals surface area contributed by atoms with Gasteiger partial charge in [-0.3, -0.25) is 4.79 Å². The summed E-state index contributed by atoms with van der Waals surface area (Å²) in [5.74, 6) is 1.25. The Morgan fingerprint density at radius 3 is 2.70 bits per heavy atom. The Kier molecular flexibility index (Phi) is 4.52. The second-order valence-electron chi connectivity index (χ2n) is 6.58. The average molecular weight is 349 g/mol. The molecular formula is C18H24N2OS2. The minimum absolute atomic E-state index is 0.253. The van der Waals surface area contributed by atoms with Crippen molar-refractivity contribution < 1.29 is 4.79 Å². The van der Waals surface area contributed by atoms with E-state index in [0.717, 1.165) is 43.4 Å². The van der Waals surface area contributed by atoms with Gasteiger partial charge in [0.15, 0.2) is 0 Å². The van der Waals surface area contributed by atoms with Crippen LogP contribution in [0.2, 0.25) is 0 Å². The second kappa shape index (κ2) is 6.61. The summed E-state index contributed by atoms with van der Waals surface area (Å²) in [5, 5.41) is 0. The molecule has 2 aliphatic heterocycles. The number of thiophene rings is 1. The van der Waals surface area contributed by atoms with Crippen LogP contribution in [0, 0.1) is 0 Å². The summed E-state index contributed by atoms with van der Waals surface area (Å²) in [7, 11) is 0. The number of nitrogens with zero attached hydrogens (tertiary/aromatic N) is 2. The Balaban J connectivity index is 1.52. The number of likely N-dealkylation sites (N-methyl/N-ethyl adjacent to an activating group) is 1. The molecule has 0 bridgehead atoms. The lowest BCUT2D eigenvalue weighted by atomic mass is 9.95. The third-order valence-corrected chi connectivity index (χ3v) is 7.58. The Morgan fingerprint density at radius 1 is 1.13 bits per heavy atom. The molecule has 4 rings (SSSR count). The molecule has 1 fully saturated rings. The van der Waals surface area contributed by atoms with Gasteiger partial charge in [-0.05, 0) is 49.4 Å². The molecule has 5 heteroatoms. The van der Waals surface area contributed by atoms with Crippen molar-refractivity contribution in [3.05, 3.63) is 25.8 Å². The summed E-state index contributed by atoms with van der Waals surface area (Å²) in [4.78, 5) is 21.2. The molecule has 0 atom stereocenters. The molecule has 1 saturated heterocycles. The molecule has 1 aromatic heterocycles. The molecule has 0 unspecified atom stereocenters. The lowest BCUT2D eigenvalue weighted by molar-refractivity contribution is -0.127. The number of hydrogen-bond acceptors (Lipinski definition) is 4. The minimum atomic E-state index is 0.253. The van der Waals surface area contributed by atoms with Crippen molar-refractivity contribution in [1.29, 1.82) is 0 Å². The van der Waals surface area contributed by atoms with Crippen LogP contribution in [0.5, 0.6) is 0 Å². The third kappa shape index (κ3) is 2.99. The maximum absolute atomic E-state index is 12.8. The van der Waals surface area contributed by atoms with E-state index in [9.17, 15) is 4.79 Å². The molecule has 124 valence electrons. The van der Waals surface area contributed by atoms with E-state index in [1.165, 1.54) is 36.1 Å². The fourth-order valence-electron chi connectivity index (χ4n) is 3.78. The molecule has 0 saturated carbocycles. The third-order valence-electron chi connectivity index (χ3n) is 5.26. The van der Waals surface area contributed by atoms with Gasteiger partial charge in [0, 0.05) is 41.7 Å². The van der Waals surface area contributed by atoms with Gasteiger partial charge in [0.25, 0.3) is 5.91 Å². The minimum Gasteiger partial charge on any atom is -0.336 e. The maximum atomic E-state index is 12.8. The molecule has 23 heavy (non-hydrogen) atoms. The van der Waals surface area contributed by atoms with Crippen LogP contribution >= 0.6 is 23.1 Å². The van der Waals surface area contributed by atoms with Crippen LogP contribution in [0.25, 0.3) is 6.08 Å². The van der Waals surface area contributed by atoms with Crippen LogP contribution in [-0.4, -0.2) is 48.4 Å². The molecule has 0 radical (unpaired) electrons. The van der Waals surface area contributed by atoms with Gasteiger partial charge < -0.3 is 9.80 Å². The zero-order chi connectivity index (χ0) is 15.8. The fourth-order valence-corrected chi connectivity index (χ4v) is 6.39. The number of fused-ring (bicyclic) bond motifs is 3. The van der Waals surface area contributed by atoms with Crippen LogP contribution < -0.4 is 0 Å². The molecule has 1 aromatic rings. The zero-order valence-corrected chi connectivity index (χ0v) is 15.4. The number of thioether (sulfide) groups is 1. The number of hydrogen-bond donors (Lipinski definition) is 0. The van der Waals surface area contributed by atoms with Gasteiger partial charge in [-0.1, -0.05) is 6.92 Å². The first-order valence-corrected chi connectivity index (χ1v) is 10.6. The Hall–Kier alpha value is -0.780. The summed E-state index contributed by atoms with van der Waals surface area (Å²) in [6.45, 7) is 7.05. The molecule has 3 nitrogen and oxygen atoms in total. The van der Waals surface area contributed by atoms with Crippen LogP contribution in [0.3, 0.4) is 0 Å². The van der Waals surface area contributed by atoms with Crippen molar-refractivity contribution >= 4 is 35.1 Å². The summed E-state index contributed by atoms with van der Waals surface area (Å²) < 4.78 is 0. The Bertz CT molecular complexity index is 642. The van der Waals surface area contributed by atoms with E-state index in [2.05, 4.69) is 17.9 Å². The van der Waals surface area contributed by atoms with Gasteiger partial charge in [-0.25, -0.2) is 0 Å². The monoisotopic (exact) mass is 348 g/mol. The normalized spacial score (nSPS) is 21.6. The molecule has 1 aliphatic carbocycles. The van der Waals surface area contributed by atoms with Gasteiger partial charge in [0.05, 0.1) is 4.91 Å². The molecular weight excluding hydrogens is 324 g/mol.